The molecular formula is C16H20FN3O. The molecule has 0 radical (unpaired) electrons. The molecule has 1 fully saturated rings. The van der Waals surface area contributed by atoms with Crippen molar-refractivity contribution in [3.8, 4) is 0 Å². The Hall–Kier alpha value is -1.72. The van der Waals surface area contributed by atoms with Gasteiger partial charge in [0.2, 0.25) is 0 Å². The first kappa shape index (κ1) is 14.2. The molecule has 0 spiro atoms. The Morgan fingerprint density at radius 2 is 2.00 bits per heavy atom. The molecule has 5 heteroatoms. The van der Waals surface area contributed by atoms with Crippen LogP contribution in [0.3, 0.4) is 0 Å². The summed E-state index contributed by atoms with van der Waals surface area (Å²) in [5.41, 5.74) is 1.13. The molecule has 2 N–H and O–H groups in total. The van der Waals surface area contributed by atoms with Gasteiger partial charge >= 0.3 is 0 Å². The van der Waals surface area contributed by atoms with Gasteiger partial charge in [-0.1, -0.05) is 12.1 Å². The number of aliphatic hydroxyl groups excluding tert-OH is 1. The predicted molar refractivity (Wildman–Crippen MR) is 77.9 cm³/mol. The Balaban J connectivity index is 1.52. The minimum absolute atomic E-state index is 0.195. The summed E-state index contributed by atoms with van der Waals surface area (Å²) < 4.78 is 12.9. The van der Waals surface area contributed by atoms with Crippen molar-refractivity contribution >= 4 is 0 Å². The smallest absolute Gasteiger partial charge is 0.135 e. The number of halogens is 1. The van der Waals surface area contributed by atoms with E-state index >= 15 is 0 Å². The van der Waals surface area contributed by atoms with Crippen molar-refractivity contribution in [2.75, 3.05) is 13.1 Å². The molecule has 1 aromatic heterocycles. The maximum Gasteiger partial charge on any atom is 0.135 e. The number of hydrogen-bond acceptors (Lipinski definition) is 3. The average molecular weight is 289 g/mol. The lowest BCUT2D eigenvalue weighted by atomic mass is 9.90. The lowest BCUT2D eigenvalue weighted by molar-refractivity contribution is 0.0515. The average Bonchev–Trinajstić information content (AvgIpc) is 3.04. The number of nitrogens with one attached hydrogen (secondary N) is 1. The second-order valence-corrected chi connectivity index (χ2v) is 5.66. The molecule has 1 saturated heterocycles. The number of aliphatic hydroxyl groups is 1. The molecule has 0 amide bonds. The van der Waals surface area contributed by atoms with Crippen molar-refractivity contribution in [1.82, 2.24) is 14.9 Å². The summed E-state index contributed by atoms with van der Waals surface area (Å²) in [6.07, 6.45) is 4.80. The van der Waals surface area contributed by atoms with Crippen molar-refractivity contribution in [3.05, 3.63) is 53.9 Å². The van der Waals surface area contributed by atoms with Crippen LogP contribution in [-0.2, 0) is 6.54 Å². The lowest BCUT2D eigenvalue weighted by Gasteiger charge is -2.33. The zero-order valence-electron chi connectivity index (χ0n) is 11.9. The molecule has 4 nitrogen and oxygen atoms in total. The normalized spacial score (nSPS) is 18.8. The summed E-state index contributed by atoms with van der Waals surface area (Å²) in [6.45, 7) is 2.73. The molecule has 1 aliphatic heterocycles. The molecule has 0 unspecified atom stereocenters. The van der Waals surface area contributed by atoms with Crippen LogP contribution in [0.25, 0.3) is 0 Å². The first-order valence-corrected chi connectivity index (χ1v) is 7.36. The van der Waals surface area contributed by atoms with Gasteiger partial charge in [-0.05, 0) is 49.5 Å². The number of nitrogens with zero attached hydrogens (tertiary/aromatic N) is 2. The minimum atomic E-state index is -0.507. The zero-order chi connectivity index (χ0) is 14.7. The number of H-pyrrole nitrogens is 1. The summed E-state index contributed by atoms with van der Waals surface area (Å²) in [5, 5.41) is 10.3. The molecule has 1 atom stereocenters. The highest BCUT2D eigenvalue weighted by Crippen LogP contribution is 2.29. The molecular weight excluding hydrogens is 269 g/mol. The summed E-state index contributed by atoms with van der Waals surface area (Å²) in [4.78, 5) is 9.46. The number of aromatic amines is 1. The van der Waals surface area contributed by atoms with Gasteiger partial charge in [-0.3, -0.25) is 4.90 Å². The van der Waals surface area contributed by atoms with Crippen LogP contribution in [0.15, 0.2) is 36.7 Å². The Kier molecular flexibility index (Phi) is 4.31. The number of piperidine rings is 1. The highest BCUT2D eigenvalue weighted by molar-refractivity contribution is 5.16. The molecule has 112 valence electrons. The fourth-order valence-corrected chi connectivity index (χ4v) is 2.94. The van der Waals surface area contributed by atoms with Gasteiger partial charge in [0.05, 0.1) is 0 Å². The maximum absolute atomic E-state index is 12.9. The predicted octanol–water partition coefficient (Wildman–Crippen LogP) is 2.49. The number of benzene rings is 1. The molecule has 0 saturated carbocycles. The Morgan fingerprint density at radius 1 is 1.29 bits per heavy atom. The molecule has 3 rings (SSSR count). The van der Waals surface area contributed by atoms with Crippen LogP contribution >= 0.6 is 0 Å². The van der Waals surface area contributed by atoms with E-state index in [1.54, 1.807) is 12.4 Å². The monoisotopic (exact) mass is 289 g/mol. The van der Waals surface area contributed by atoms with Gasteiger partial charge in [0.15, 0.2) is 0 Å². The van der Waals surface area contributed by atoms with Gasteiger partial charge in [-0.15, -0.1) is 0 Å². The van der Waals surface area contributed by atoms with E-state index in [2.05, 4.69) is 14.9 Å². The number of imidazole rings is 1. The Bertz CT molecular complexity index is 547. The number of rotatable bonds is 4. The van der Waals surface area contributed by atoms with E-state index in [0.29, 0.717) is 5.82 Å². The van der Waals surface area contributed by atoms with Crippen LogP contribution in [0.2, 0.25) is 0 Å². The molecule has 1 aliphatic rings. The van der Waals surface area contributed by atoms with Gasteiger partial charge in [0, 0.05) is 18.9 Å². The summed E-state index contributed by atoms with van der Waals surface area (Å²) in [6, 6.07) is 6.67. The highest BCUT2D eigenvalue weighted by Gasteiger charge is 2.27. The Morgan fingerprint density at radius 3 is 2.62 bits per heavy atom. The second kappa shape index (κ2) is 6.37. The van der Waals surface area contributed by atoms with Crippen molar-refractivity contribution in [2.45, 2.75) is 25.5 Å². The van der Waals surface area contributed by atoms with E-state index in [4.69, 9.17) is 0 Å². The molecule has 2 heterocycles. The zero-order valence-corrected chi connectivity index (χ0v) is 11.9. The third-order valence-corrected chi connectivity index (χ3v) is 4.20. The fourth-order valence-electron chi connectivity index (χ4n) is 2.94. The summed E-state index contributed by atoms with van der Waals surface area (Å²) >= 11 is 0. The lowest BCUT2D eigenvalue weighted by Crippen LogP contribution is -2.35. The molecule has 0 bridgehead atoms. The van der Waals surface area contributed by atoms with Crippen LogP contribution in [0, 0.1) is 11.7 Å². The van der Waals surface area contributed by atoms with Crippen LogP contribution in [0.5, 0.6) is 0 Å². The van der Waals surface area contributed by atoms with Crippen molar-refractivity contribution in [3.63, 3.8) is 0 Å². The standard InChI is InChI=1S/C16H20FN3O/c17-14-3-1-12(2-4-14)11-20-9-5-13(6-10-20)15(21)16-18-7-8-19-16/h1-4,7-8,13,15,21H,5-6,9-11H2,(H,18,19)/t15-/m1/s1. The second-order valence-electron chi connectivity index (χ2n) is 5.66. The van der Waals surface area contributed by atoms with E-state index in [1.165, 1.54) is 12.1 Å². The fraction of sp³-hybridized carbons (Fsp3) is 0.438. The largest absolute Gasteiger partial charge is 0.385 e. The SMILES string of the molecule is O[C@@H](c1ncc[nH]1)C1CCN(Cc2ccc(F)cc2)CC1. The van der Waals surface area contributed by atoms with Crippen LogP contribution in [-0.4, -0.2) is 33.1 Å². The summed E-state index contributed by atoms with van der Waals surface area (Å²) in [5.74, 6) is 0.714. The first-order valence-electron chi connectivity index (χ1n) is 7.36. The van der Waals surface area contributed by atoms with Gasteiger partial charge < -0.3 is 10.1 Å². The molecule has 1 aromatic carbocycles. The number of aromatic nitrogens is 2. The van der Waals surface area contributed by atoms with E-state index in [9.17, 15) is 9.50 Å². The van der Waals surface area contributed by atoms with Crippen molar-refractivity contribution < 1.29 is 9.50 Å². The third-order valence-electron chi connectivity index (χ3n) is 4.20. The van der Waals surface area contributed by atoms with Gasteiger partial charge in [-0.25, -0.2) is 9.37 Å². The van der Waals surface area contributed by atoms with Crippen molar-refractivity contribution in [1.29, 1.82) is 0 Å². The number of hydrogen-bond donors (Lipinski definition) is 2. The van der Waals surface area contributed by atoms with E-state index in [1.807, 2.05) is 12.1 Å². The quantitative estimate of drug-likeness (QED) is 0.909. The topological polar surface area (TPSA) is 52.2 Å². The maximum atomic E-state index is 12.9. The Labute approximate surface area is 123 Å². The molecule has 0 aliphatic carbocycles. The van der Waals surface area contributed by atoms with E-state index in [-0.39, 0.29) is 11.7 Å². The van der Waals surface area contributed by atoms with Gasteiger partial charge in [0.25, 0.3) is 0 Å². The minimum Gasteiger partial charge on any atom is -0.385 e. The van der Waals surface area contributed by atoms with E-state index < -0.39 is 6.10 Å². The van der Waals surface area contributed by atoms with Crippen LogP contribution in [0.1, 0.15) is 30.3 Å². The highest BCUT2D eigenvalue weighted by atomic mass is 19.1. The van der Waals surface area contributed by atoms with E-state index in [0.717, 1.165) is 38.0 Å². The third kappa shape index (κ3) is 3.49. The summed E-state index contributed by atoms with van der Waals surface area (Å²) in [7, 11) is 0. The molecule has 2 aromatic rings. The number of likely N-dealkylation sites (tertiary alicyclic amines) is 1. The van der Waals surface area contributed by atoms with Gasteiger partial charge in [0.1, 0.15) is 17.7 Å². The van der Waals surface area contributed by atoms with Crippen LogP contribution in [0.4, 0.5) is 4.39 Å². The van der Waals surface area contributed by atoms with Gasteiger partial charge in [-0.2, -0.15) is 0 Å². The first-order chi connectivity index (χ1) is 10.2. The molecule has 21 heavy (non-hydrogen) atoms. The van der Waals surface area contributed by atoms with Crippen LogP contribution < -0.4 is 0 Å². The van der Waals surface area contributed by atoms with Crippen molar-refractivity contribution in [2.24, 2.45) is 5.92 Å².